The summed E-state index contributed by atoms with van der Waals surface area (Å²) in [6.07, 6.45) is 0.574. The summed E-state index contributed by atoms with van der Waals surface area (Å²) in [5.41, 5.74) is 0.834. The number of likely N-dealkylation sites (tertiary alicyclic amines) is 1. The molecule has 3 rings (SSSR count). The molecule has 0 bridgehead atoms. The van der Waals surface area contributed by atoms with E-state index in [4.69, 9.17) is 9.15 Å². The second-order valence-electron chi connectivity index (χ2n) is 5.57. The number of para-hydroxylation sites is 1. The molecule has 1 N–H and O–H groups in total. The number of β-amino-alcohol motifs (C(OH)–C–C–N with tert-alkyl or cyclic N) is 1. The van der Waals surface area contributed by atoms with Crippen molar-refractivity contribution in [2.75, 3.05) is 33.4 Å². The van der Waals surface area contributed by atoms with Crippen LogP contribution in [0.3, 0.4) is 0 Å². The maximum atomic E-state index is 10.3. The van der Waals surface area contributed by atoms with Gasteiger partial charge in [-0.1, -0.05) is 18.2 Å². The fraction of sp³-hybridized carbons (Fsp3) is 0.500. The van der Waals surface area contributed by atoms with E-state index in [0.29, 0.717) is 18.2 Å². The predicted molar refractivity (Wildman–Crippen MR) is 77.6 cm³/mol. The van der Waals surface area contributed by atoms with E-state index in [1.807, 2.05) is 30.3 Å². The molecule has 4 nitrogen and oxygen atoms in total. The predicted octanol–water partition coefficient (Wildman–Crippen LogP) is 2.43. The molecule has 1 aromatic heterocycles. The first-order valence-corrected chi connectivity index (χ1v) is 7.14. The van der Waals surface area contributed by atoms with Crippen molar-refractivity contribution >= 4 is 11.0 Å². The van der Waals surface area contributed by atoms with Crippen LogP contribution in [0.4, 0.5) is 0 Å². The van der Waals surface area contributed by atoms with Crippen LogP contribution < -0.4 is 0 Å². The van der Waals surface area contributed by atoms with Crippen LogP contribution in [-0.4, -0.2) is 43.4 Å². The van der Waals surface area contributed by atoms with Crippen molar-refractivity contribution in [1.29, 1.82) is 0 Å². The normalized spacial score (nSPS) is 21.6. The Hall–Kier alpha value is -1.36. The van der Waals surface area contributed by atoms with Gasteiger partial charge in [0.15, 0.2) is 0 Å². The number of ether oxygens (including phenoxy) is 1. The van der Waals surface area contributed by atoms with Gasteiger partial charge in [0.1, 0.15) is 17.4 Å². The third-order valence-electron chi connectivity index (χ3n) is 3.98. The standard InChI is InChI=1S/C16H21NO3/c1-19-11-12-6-7-17(9-12)10-14(18)16-8-13-4-2-3-5-15(13)20-16/h2-5,8,12,14,18H,6-7,9-11H2,1H3. The van der Waals surface area contributed by atoms with E-state index in [0.717, 1.165) is 37.1 Å². The van der Waals surface area contributed by atoms with Crippen molar-refractivity contribution in [2.24, 2.45) is 5.92 Å². The monoisotopic (exact) mass is 275 g/mol. The molecule has 1 aliphatic heterocycles. The summed E-state index contributed by atoms with van der Waals surface area (Å²) in [6.45, 7) is 3.44. The number of methoxy groups -OCH3 is 1. The number of hydrogen-bond donors (Lipinski definition) is 1. The molecule has 0 saturated carbocycles. The molecule has 4 heteroatoms. The Balaban J connectivity index is 1.63. The Morgan fingerprint density at radius 3 is 3.10 bits per heavy atom. The van der Waals surface area contributed by atoms with Crippen molar-refractivity contribution < 1.29 is 14.3 Å². The van der Waals surface area contributed by atoms with E-state index >= 15 is 0 Å². The summed E-state index contributed by atoms with van der Waals surface area (Å²) >= 11 is 0. The van der Waals surface area contributed by atoms with Crippen molar-refractivity contribution in [1.82, 2.24) is 4.90 Å². The van der Waals surface area contributed by atoms with Crippen LogP contribution in [0, 0.1) is 5.92 Å². The van der Waals surface area contributed by atoms with Gasteiger partial charge in [-0.3, -0.25) is 4.90 Å². The van der Waals surface area contributed by atoms with Crippen LogP contribution >= 0.6 is 0 Å². The zero-order chi connectivity index (χ0) is 13.9. The number of aliphatic hydroxyl groups excluding tert-OH is 1. The lowest BCUT2D eigenvalue weighted by atomic mass is 10.1. The first-order chi connectivity index (χ1) is 9.76. The maximum Gasteiger partial charge on any atom is 0.135 e. The molecule has 2 unspecified atom stereocenters. The van der Waals surface area contributed by atoms with Crippen molar-refractivity contribution in [2.45, 2.75) is 12.5 Å². The minimum absolute atomic E-state index is 0.566. The molecule has 1 fully saturated rings. The third-order valence-corrected chi connectivity index (χ3v) is 3.98. The van der Waals surface area contributed by atoms with Crippen molar-refractivity contribution in [3.8, 4) is 0 Å². The molecule has 2 heterocycles. The minimum Gasteiger partial charge on any atom is -0.458 e. The maximum absolute atomic E-state index is 10.3. The number of furan rings is 1. The van der Waals surface area contributed by atoms with E-state index in [1.165, 1.54) is 0 Å². The first-order valence-electron chi connectivity index (χ1n) is 7.14. The lowest BCUT2D eigenvalue weighted by Crippen LogP contribution is -2.27. The number of nitrogens with zero attached hydrogens (tertiary/aromatic N) is 1. The van der Waals surface area contributed by atoms with Crippen molar-refractivity contribution in [3.63, 3.8) is 0 Å². The lowest BCUT2D eigenvalue weighted by Gasteiger charge is -2.18. The Morgan fingerprint density at radius 1 is 1.45 bits per heavy atom. The number of aliphatic hydroxyl groups is 1. The number of benzene rings is 1. The highest BCUT2D eigenvalue weighted by atomic mass is 16.5. The Bertz CT molecular complexity index is 533. The Labute approximate surface area is 118 Å². The van der Waals surface area contributed by atoms with Crippen LogP contribution in [0.25, 0.3) is 11.0 Å². The first kappa shape index (κ1) is 13.6. The van der Waals surface area contributed by atoms with Gasteiger partial charge in [0.05, 0.1) is 6.61 Å². The van der Waals surface area contributed by atoms with Crippen molar-refractivity contribution in [3.05, 3.63) is 36.1 Å². The molecular formula is C16H21NO3. The largest absolute Gasteiger partial charge is 0.458 e. The van der Waals surface area contributed by atoms with Crippen LogP contribution in [-0.2, 0) is 4.74 Å². The van der Waals surface area contributed by atoms with E-state index in [9.17, 15) is 5.11 Å². The highest BCUT2D eigenvalue weighted by Gasteiger charge is 2.25. The summed E-state index contributed by atoms with van der Waals surface area (Å²) < 4.78 is 10.9. The van der Waals surface area contributed by atoms with Gasteiger partial charge in [-0.25, -0.2) is 0 Å². The van der Waals surface area contributed by atoms with Gasteiger partial charge in [0.2, 0.25) is 0 Å². The molecule has 1 aromatic carbocycles. The molecule has 0 spiro atoms. The molecule has 0 radical (unpaired) electrons. The quantitative estimate of drug-likeness (QED) is 0.910. The van der Waals surface area contributed by atoms with E-state index < -0.39 is 6.10 Å². The van der Waals surface area contributed by atoms with Crippen LogP contribution in [0.2, 0.25) is 0 Å². The highest BCUT2D eigenvalue weighted by molar-refractivity contribution is 5.77. The average Bonchev–Trinajstić information content (AvgIpc) is 3.05. The van der Waals surface area contributed by atoms with Crippen LogP contribution in [0.5, 0.6) is 0 Å². The SMILES string of the molecule is COCC1CCN(CC(O)c2cc3ccccc3o2)C1. The second kappa shape index (κ2) is 5.95. The van der Waals surface area contributed by atoms with Crippen LogP contribution in [0.15, 0.2) is 34.7 Å². The summed E-state index contributed by atoms with van der Waals surface area (Å²) in [7, 11) is 1.74. The van der Waals surface area contributed by atoms with Gasteiger partial charge in [0.25, 0.3) is 0 Å². The lowest BCUT2D eigenvalue weighted by molar-refractivity contribution is 0.1000. The topological polar surface area (TPSA) is 45.8 Å². The fourth-order valence-electron chi connectivity index (χ4n) is 2.95. The highest BCUT2D eigenvalue weighted by Crippen LogP contribution is 2.26. The smallest absolute Gasteiger partial charge is 0.135 e. The molecule has 1 aliphatic rings. The zero-order valence-electron chi connectivity index (χ0n) is 11.8. The summed E-state index contributed by atoms with van der Waals surface area (Å²) in [5.74, 6) is 1.24. The van der Waals surface area contributed by atoms with E-state index in [2.05, 4.69) is 4.90 Å². The van der Waals surface area contributed by atoms with Gasteiger partial charge in [0, 0.05) is 25.6 Å². The number of hydrogen-bond acceptors (Lipinski definition) is 4. The van der Waals surface area contributed by atoms with Gasteiger partial charge in [-0.05, 0) is 31.0 Å². The molecule has 1 saturated heterocycles. The van der Waals surface area contributed by atoms with Gasteiger partial charge in [-0.2, -0.15) is 0 Å². The van der Waals surface area contributed by atoms with Gasteiger partial charge >= 0.3 is 0 Å². The molecule has 0 amide bonds. The number of rotatable bonds is 5. The third kappa shape index (κ3) is 2.87. The second-order valence-corrected chi connectivity index (χ2v) is 5.57. The summed E-state index contributed by atoms with van der Waals surface area (Å²) in [5, 5.41) is 11.4. The summed E-state index contributed by atoms with van der Waals surface area (Å²) in [6, 6.07) is 9.78. The molecule has 2 atom stereocenters. The molecule has 108 valence electrons. The average molecular weight is 275 g/mol. The van der Waals surface area contributed by atoms with Gasteiger partial charge < -0.3 is 14.3 Å². The Morgan fingerprint density at radius 2 is 2.30 bits per heavy atom. The molecule has 20 heavy (non-hydrogen) atoms. The molecule has 0 aliphatic carbocycles. The molecular weight excluding hydrogens is 254 g/mol. The Kier molecular flexibility index (Phi) is 4.05. The molecule has 2 aromatic rings. The van der Waals surface area contributed by atoms with E-state index in [1.54, 1.807) is 7.11 Å². The minimum atomic E-state index is -0.566. The number of fused-ring (bicyclic) bond motifs is 1. The summed E-state index contributed by atoms with van der Waals surface area (Å²) in [4.78, 5) is 2.28. The van der Waals surface area contributed by atoms with Gasteiger partial charge in [-0.15, -0.1) is 0 Å². The fourth-order valence-corrected chi connectivity index (χ4v) is 2.95. The van der Waals surface area contributed by atoms with E-state index in [-0.39, 0.29) is 0 Å². The van der Waals surface area contributed by atoms with Crippen LogP contribution in [0.1, 0.15) is 18.3 Å². The zero-order valence-corrected chi connectivity index (χ0v) is 11.8.